The van der Waals surface area contributed by atoms with Crippen LogP contribution in [0.25, 0.3) is 0 Å². The van der Waals surface area contributed by atoms with E-state index in [1.54, 1.807) is 19.2 Å². The number of benzene rings is 2. The maximum Gasteiger partial charge on any atom is 0.134 e. The molecule has 0 spiro atoms. The predicted octanol–water partition coefficient (Wildman–Crippen LogP) is 4.13. The van der Waals surface area contributed by atoms with Gasteiger partial charge in [0.05, 0.1) is 7.11 Å². The second-order valence-electron chi connectivity index (χ2n) is 4.68. The number of hydrogen-bond donors (Lipinski definition) is 1. The first-order valence-corrected chi connectivity index (χ1v) is 6.87. The molecule has 2 rings (SSSR count). The molecule has 1 unspecified atom stereocenters. The summed E-state index contributed by atoms with van der Waals surface area (Å²) in [6.07, 6.45) is 0.428. The van der Waals surface area contributed by atoms with Crippen LogP contribution in [0.15, 0.2) is 36.4 Å². The largest absolute Gasteiger partial charge is 0.497 e. The summed E-state index contributed by atoms with van der Waals surface area (Å²) in [4.78, 5) is 0. The Kier molecular flexibility index (Phi) is 5.15. The third kappa shape index (κ3) is 3.71. The Hall–Kier alpha value is -1.65. The number of methoxy groups -OCH3 is 1. The Morgan fingerprint density at radius 2 is 1.86 bits per heavy atom. The van der Waals surface area contributed by atoms with Gasteiger partial charge in [-0.05, 0) is 31.2 Å². The maximum absolute atomic E-state index is 14.1. The van der Waals surface area contributed by atoms with Crippen molar-refractivity contribution in [3.05, 3.63) is 64.2 Å². The van der Waals surface area contributed by atoms with Crippen LogP contribution in [0, 0.1) is 11.6 Å². The second-order valence-corrected chi connectivity index (χ2v) is 5.12. The van der Waals surface area contributed by atoms with Crippen molar-refractivity contribution in [3.8, 4) is 5.75 Å². The Morgan fingerprint density at radius 1 is 1.19 bits per heavy atom. The van der Waals surface area contributed by atoms with Gasteiger partial charge >= 0.3 is 0 Å². The predicted molar refractivity (Wildman–Crippen MR) is 79.9 cm³/mol. The summed E-state index contributed by atoms with van der Waals surface area (Å²) in [6, 6.07) is 9.09. The lowest BCUT2D eigenvalue weighted by molar-refractivity contribution is 0.401. The highest BCUT2D eigenvalue weighted by molar-refractivity contribution is 6.30. The summed E-state index contributed by atoms with van der Waals surface area (Å²) in [6.45, 7) is 0. The van der Waals surface area contributed by atoms with Gasteiger partial charge in [0.15, 0.2) is 0 Å². The summed E-state index contributed by atoms with van der Waals surface area (Å²) < 4.78 is 33.1. The topological polar surface area (TPSA) is 21.3 Å². The van der Waals surface area contributed by atoms with Gasteiger partial charge in [0.25, 0.3) is 0 Å². The summed E-state index contributed by atoms with van der Waals surface area (Å²) >= 11 is 5.93. The summed E-state index contributed by atoms with van der Waals surface area (Å²) in [7, 11) is 3.04. The van der Waals surface area contributed by atoms with Crippen molar-refractivity contribution in [2.45, 2.75) is 12.5 Å². The van der Waals surface area contributed by atoms with Crippen molar-refractivity contribution in [2.24, 2.45) is 0 Å². The molecule has 0 radical (unpaired) electrons. The number of nitrogens with one attached hydrogen (secondary N) is 1. The highest BCUT2D eigenvalue weighted by Crippen LogP contribution is 2.28. The van der Waals surface area contributed by atoms with Gasteiger partial charge in [-0.25, -0.2) is 8.78 Å². The molecule has 0 fully saturated rings. The molecule has 2 aromatic rings. The van der Waals surface area contributed by atoms with Gasteiger partial charge in [0, 0.05) is 28.8 Å². The van der Waals surface area contributed by atoms with Crippen LogP contribution >= 0.6 is 11.6 Å². The molecule has 0 aliphatic rings. The van der Waals surface area contributed by atoms with Gasteiger partial charge in [-0.15, -0.1) is 0 Å². The van der Waals surface area contributed by atoms with E-state index in [1.165, 1.54) is 19.2 Å². The molecular weight excluding hydrogens is 296 g/mol. The first kappa shape index (κ1) is 15.7. The maximum atomic E-state index is 14.1. The molecule has 0 aliphatic heterocycles. The highest BCUT2D eigenvalue weighted by atomic mass is 35.5. The van der Waals surface area contributed by atoms with Crippen molar-refractivity contribution in [1.29, 1.82) is 0 Å². The van der Waals surface area contributed by atoms with Gasteiger partial charge in [0.2, 0.25) is 0 Å². The number of rotatable bonds is 5. The van der Waals surface area contributed by atoms with Gasteiger partial charge in [0.1, 0.15) is 17.4 Å². The van der Waals surface area contributed by atoms with Crippen LogP contribution in [0.5, 0.6) is 5.75 Å². The number of ether oxygens (including phenoxy) is 1. The minimum atomic E-state index is -0.631. The molecule has 0 heterocycles. The summed E-state index contributed by atoms with van der Waals surface area (Å²) in [5, 5.41) is 3.54. The average Bonchev–Trinajstić information content (AvgIpc) is 2.45. The average molecular weight is 312 g/mol. The van der Waals surface area contributed by atoms with Crippen molar-refractivity contribution in [3.63, 3.8) is 0 Å². The molecule has 0 bridgehead atoms. The first-order valence-electron chi connectivity index (χ1n) is 6.49. The molecule has 112 valence electrons. The zero-order valence-corrected chi connectivity index (χ0v) is 12.5. The van der Waals surface area contributed by atoms with Crippen LogP contribution in [0.1, 0.15) is 17.2 Å². The third-order valence-electron chi connectivity index (χ3n) is 3.31. The van der Waals surface area contributed by atoms with Crippen LogP contribution in [0.3, 0.4) is 0 Å². The summed E-state index contributed by atoms with van der Waals surface area (Å²) in [5.41, 5.74) is 0.898. The fraction of sp³-hybridized carbons (Fsp3) is 0.250. The zero-order valence-electron chi connectivity index (χ0n) is 11.8. The number of halogens is 3. The summed E-state index contributed by atoms with van der Waals surface area (Å²) in [5.74, 6) is -1.10. The number of hydrogen-bond acceptors (Lipinski definition) is 2. The quantitative estimate of drug-likeness (QED) is 0.896. The van der Waals surface area contributed by atoms with Crippen molar-refractivity contribution in [2.75, 3.05) is 14.2 Å². The van der Waals surface area contributed by atoms with E-state index in [0.717, 1.165) is 5.56 Å². The van der Waals surface area contributed by atoms with E-state index in [-0.39, 0.29) is 11.3 Å². The second kappa shape index (κ2) is 6.87. The standard InChI is InChI=1S/C16H16ClF2NO/c1-20-15(7-10-4-3-5-11(17)6-10)16-13(18)8-12(21-2)9-14(16)19/h3-6,8-9,15,20H,7H2,1-2H3. The lowest BCUT2D eigenvalue weighted by Gasteiger charge is -2.19. The molecule has 0 saturated heterocycles. The van der Waals surface area contributed by atoms with Crippen LogP contribution in [-0.4, -0.2) is 14.2 Å². The molecule has 0 saturated carbocycles. The Morgan fingerprint density at radius 3 is 2.38 bits per heavy atom. The molecule has 0 aromatic heterocycles. The van der Waals surface area contributed by atoms with Crippen LogP contribution in [-0.2, 0) is 6.42 Å². The van der Waals surface area contributed by atoms with Gasteiger partial charge in [-0.1, -0.05) is 23.7 Å². The molecule has 1 atom stereocenters. The molecule has 0 aliphatic carbocycles. The molecule has 0 amide bonds. The molecule has 2 nitrogen and oxygen atoms in total. The third-order valence-corrected chi connectivity index (χ3v) is 3.55. The number of likely N-dealkylation sites (N-methyl/N-ethyl adjacent to an activating group) is 1. The van der Waals surface area contributed by atoms with E-state index in [4.69, 9.17) is 16.3 Å². The van der Waals surface area contributed by atoms with E-state index >= 15 is 0 Å². The SMILES string of the molecule is CNC(Cc1cccc(Cl)c1)c1c(F)cc(OC)cc1F. The van der Waals surface area contributed by atoms with E-state index in [9.17, 15) is 8.78 Å². The molecule has 21 heavy (non-hydrogen) atoms. The van der Waals surface area contributed by atoms with Crippen molar-refractivity contribution >= 4 is 11.6 Å². The van der Waals surface area contributed by atoms with E-state index in [2.05, 4.69) is 5.32 Å². The molecule has 1 N–H and O–H groups in total. The Labute approximate surface area is 127 Å². The van der Waals surface area contributed by atoms with E-state index in [1.807, 2.05) is 12.1 Å². The van der Waals surface area contributed by atoms with Crippen LogP contribution in [0.2, 0.25) is 5.02 Å². The Bertz CT molecular complexity index is 610. The van der Waals surface area contributed by atoms with E-state index in [0.29, 0.717) is 11.4 Å². The fourth-order valence-electron chi connectivity index (χ4n) is 2.26. The molecule has 2 aromatic carbocycles. The Balaban J connectivity index is 2.33. The zero-order chi connectivity index (χ0) is 15.4. The first-order chi connectivity index (χ1) is 10.0. The van der Waals surface area contributed by atoms with Crippen molar-refractivity contribution in [1.82, 2.24) is 5.32 Å². The lowest BCUT2D eigenvalue weighted by atomic mass is 9.98. The van der Waals surface area contributed by atoms with Gasteiger partial charge in [-0.2, -0.15) is 0 Å². The molecular formula is C16H16ClF2NO. The fourth-order valence-corrected chi connectivity index (χ4v) is 2.47. The van der Waals surface area contributed by atoms with Gasteiger partial charge in [-0.3, -0.25) is 0 Å². The highest BCUT2D eigenvalue weighted by Gasteiger charge is 2.20. The lowest BCUT2D eigenvalue weighted by Crippen LogP contribution is -2.21. The van der Waals surface area contributed by atoms with Crippen LogP contribution in [0.4, 0.5) is 8.78 Å². The minimum absolute atomic E-state index is 0.00160. The van der Waals surface area contributed by atoms with Crippen molar-refractivity contribution < 1.29 is 13.5 Å². The monoisotopic (exact) mass is 311 g/mol. The van der Waals surface area contributed by atoms with Gasteiger partial charge < -0.3 is 10.1 Å². The normalized spacial score (nSPS) is 12.2. The van der Waals surface area contributed by atoms with E-state index < -0.39 is 17.7 Å². The molecule has 5 heteroatoms. The minimum Gasteiger partial charge on any atom is -0.497 e. The smallest absolute Gasteiger partial charge is 0.134 e. The van der Waals surface area contributed by atoms with Crippen LogP contribution < -0.4 is 10.1 Å².